The molecular formula is C24H33N3O2S. The summed E-state index contributed by atoms with van der Waals surface area (Å²) in [5.74, 6) is 0.751. The van der Waals surface area contributed by atoms with Gasteiger partial charge in [0, 0.05) is 43.1 Å². The highest BCUT2D eigenvalue weighted by Crippen LogP contribution is 2.45. The quantitative estimate of drug-likeness (QED) is 0.774. The molecule has 0 amide bonds. The van der Waals surface area contributed by atoms with Crippen LogP contribution in [0.4, 0.5) is 11.4 Å². The van der Waals surface area contributed by atoms with Crippen LogP contribution in [0.1, 0.15) is 38.2 Å². The molecule has 4 rings (SSSR count). The fourth-order valence-electron chi connectivity index (χ4n) is 5.14. The molecular weight excluding hydrogens is 394 g/mol. The molecule has 2 aliphatic rings. The summed E-state index contributed by atoms with van der Waals surface area (Å²) >= 11 is 0. The third-order valence-corrected chi connectivity index (χ3v) is 7.42. The molecule has 0 radical (unpaired) electrons. The molecule has 6 heteroatoms. The third kappa shape index (κ3) is 4.65. The van der Waals surface area contributed by atoms with E-state index in [0.717, 1.165) is 44.9 Å². The molecule has 1 N–H and O–H groups in total. The monoisotopic (exact) mass is 427 g/mol. The van der Waals surface area contributed by atoms with E-state index in [0.29, 0.717) is 5.69 Å². The number of anilines is 2. The minimum atomic E-state index is -3.29. The zero-order valence-electron chi connectivity index (χ0n) is 18.0. The lowest BCUT2D eigenvalue weighted by atomic mass is 9.71. The molecule has 0 atom stereocenters. The topological polar surface area (TPSA) is 52.7 Å². The van der Waals surface area contributed by atoms with Crippen LogP contribution in [-0.2, 0) is 15.6 Å². The average Bonchev–Trinajstić information content (AvgIpc) is 2.74. The van der Waals surface area contributed by atoms with Crippen molar-refractivity contribution in [1.29, 1.82) is 0 Å². The van der Waals surface area contributed by atoms with Gasteiger partial charge < -0.3 is 4.90 Å². The second-order valence-electron chi connectivity index (χ2n) is 8.98. The van der Waals surface area contributed by atoms with E-state index in [4.69, 9.17) is 0 Å². The van der Waals surface area contributed by atoms with Crippen LogP contribution in [0, 0.1) is 5.92 Å². The summed E-state index contributed by atoms with van der Waals surface area (Å²) in [7, 11) is -3.29. The van der Waals surface area contributed by atoms with Crippen molar-refractivity contribution < 1.29 is 8.42 Å². The first-order valence-electron chi connectivity index (χ1n) is 11.0. The lowest BCUT2D eigenvalue weighted by Crippen LogP contribution is -2.56. The van der Waals surface area contributed by atoms with E-state index in [1.165, 1.54) is 30.3 Å². The molecule has 2 aromatic rings. The van der Waals surface area contributed by atoms with Crippen molar-refractivity contribution in [2.45, 2.75) is 38.1 Å². The Kier molecular flexibility index (Phi) is 6.07. The van der Waals surface area contributed by atoms with Crippen LogP contribution >= 0.6 is 0 Å². The molecule has 1 aliphatic heterocycles. The molecule has 1 heterocycles. The number of benzene rings is 2. The van der Waals surface area contributed by atoms with Gasteiger partial charge in [-0.1, -0.05) is 37.3 Å². The van der Waals surface area contributed by atoms with E-state index in [1.807, 2.05) is 12.1 Å². The summed E-state index contributed by atoms with van der Waals surface area (Å²) in [6, 6.07) is 18.7. The third-order valence-electron chi connectivity index (χ3n) is 6.81. The molecule has 30 heavy (non-hydrogen) atoms. The second kappa shape index (κ2) is 8.60. The number of hydrogen-bond donors (Lipinski definition) is 1. The first-order valence-corrected chi connectivity index (χ1v) is 12.9. The molecule has 1 saturated carbocycles. The number of rotatable bonds is 5. The van der Waals surface area contributed by atoms with Crippen LogP contribution in [-0.4, -0.2) is 45.8 Å². The maximum Gasteiger partial charge on any atom is 0.229 e. The minimum absolute atomic E-state index is 0.00944. The number of sulfonamides is 1. The van der Waals surface area contributed by atoms with Gasteiger partial charge in [0.15, 0.2) is 0 Å². The van der Waals surface area contributed by atoms with E-state index in [2.05, 4.69) is 63.9 Å². The van der Waals surface area contributed by atoms with E-state index in [-0.39, 0.29) is 5.54 Å². The highest BCUT2D eigenvalue weighted by Gasteiger charge is 2.42. The molecule has 2 aromatic carbocycles. The van der Waals surface area contributed by atoms with Gasteiger partial charge in [-0.3, -0.25) is 9.62 Å². The Labute approximate surface area is 181 Å². The predicted octanol–water partition coefficient (Wildman–Crippen LogP) is 4.29. The van der Waals surface area contributed by atoms with Gasteiger partial charge in [0.25, 0.3) is 0 Å². The maximum atomic E-state index is 11.8. The van der Waals surface area contributed by atoms with E-state index < -0.39 is 10.0 Å². The van der Waals surface area contributed by atoms with Gasteiger partial charge in [0.2, 0.25) is 10.0 Å². The van der Waals surface area contributed by atoms with Crippen LogP contribution in [0.25, 0.3) is 0 Å². The molecule has 0 bridgehead atoms. The van der Waals surface area contributed by atoms with Gasteiger partial charge in [-0.15, -0.1) is 0 Å². The summed E-state index contributed by atoms with van der Waals surface area (Å²) < 4.78 is 26.2. The van der Waals surface area contributed by atoms with Crippen LogP contribution in [0.2, 0.25) is 0 Å². The van der Waals surface area contributed by atoms with Gasteiger partial charge in [0.05, 0.1) is 6.26 Å². The molecule has 2 fully saturated rings. The number of hydrogen-bond acceptors (Lipinski definition) is 4. The smallest absolute Gasteiger partial charge is 0.229 e. The van der Waals surface area contributed by atoms with Gasteiger partial charge >= 0.3 is 0 Å². The SMILES string of the molecule is CS(=O)(=O)Nc1cccc([C@]2(N3CCN(c4ccccc4)CC3)CC[C@H](C)CC2)c1. The van der Waals surface area contributed by atoms with Crippen LogP contribution in [0.3, 0.4) is 0 Å². The summed E-state index contributed by atoms with van der Waals surface area (Å²) in [5, 5.41) is 0. The van der Waals surface area contributed by atoms with Crippen molar-refractivity contribution in [3.63, 3.8) is 0 Å². The Hall–Kier alpha value is -2.05. The van der Waals surface area contributed by atoms with Crippen LogP contribution < -0.4 is 9.62 Å². The molecule has 0 spiro atoms. The Morgan fingerprint density at radius 2 is 1.60 bits per heavy atom. The highest BCUT2D eigenvalue weighted by molar-refractivity contribution is 7.92. The number of nitrogens with zero attached hydrogens (tertiary/aromatic N) is 2. The van der Waals surface area contributed by atoms with Crippen molar-refractivity contribution in [2.75, 3.05) is 42.1 Å². The highest BCUT2D eigenvalue weighted by atomic mass is 32.2. The summed E-state index contributed by atoms with van der Waals surface area (Å²) in [5.41, 5.74) is 3.19. The van der Waals surface area contributed by atoms with Crippen molar-refractivity contribution in [2.24, 2.45) is 5.92 Å². The minimum Gasteiger partial charge on any atom is -0.369 e. The lowest BCUT2D eigenvalue weighted by molar-refractivity contribution is 0.0299. The van der Waals surface area contributed by atoms with Gasteiger partial charge in [-0.2, -0.15) is 0 Å². The van der Waals surface area contributed by atoms with Crippen molar-refractivity contribution in [3.05, 3.63) is 60.2 Å². The van der Waals surface area contributed by atoms with Crippen molar-refractivity contribution >= 4 is 21.4 Å². The van der Waals surface area contributed by atoms with Gasteiger partial charge in [-0.05, 0) is 61.4 Å². The van der Waals surface area contributed by atoms with Gasteiger partial charge in [-0.25, -0.2) is 8.42 Å². The molecule has 1 aliphatic carbocycles. The molecule has 5 nitrogen and oxygen atoms in total. The fraction of sp³-hybridized carbons (Fsp3) is 0.500. The normalized spacial score (nSPS) is 25.8. The van der Waals surface area contributed by atoms with Crippen molar-refractivity contribution in [3.8, 4) is 0 Å². The maximum absolute atomic E-state index is 11.8. The average molecular weight is 428 g/mol. The number of piperazine rings is 1. The zero-order valence-corrected chi connectivity index (χ0v) is 18.9. The van der Waals surface area contributed by atoms with E-state index >= 15 is 0 Å². The largest absolute Gasteiger partial charge is 0.369 e. The molecule has 1 saturated heterocycles. The Morgan fingerprint density at radius 1 is 0.933 bits per heavy atom. The first-order chi connectivity index (χ1) is 14.4. The van der Waals surface area contributed by atoms with Crippen LogP contribution in [0.15, 0.2) is 54.6 Å². The molecule has 0 unspecified atom stereocenters. The predicted molar refractivity (Wildman–Crippen MR) is 124 cm³/mol. The molecule has 162 valence electrons. The molecule has 0 aromatic heterocycles. The summed E-state index contributed by atoms with van der Waals surface area (Å²) in [6.07, 6.45) is 5.88. The summed E-state index contributed by atoms with van der Waals surface area (Å²) in [6.45, 7) is 6.42. The summed E-state index contributed by atoms with van der Waals surface area (Å²) in [4.78, 5) is 5.13. The van der Waals surface area contributed by atoms with Crippen molar-refractivity contribution in [1.82, 2.24) is 4.90 Å². The second-order valence-corrected chi connectivity index (χ2v) is 10.7. The standard InChI is InChI=1S/C24H33N3O2S/c1-20-11-13-24(14-12-20,21-7-6-8-22(19-21)25-30(2,28)29)27-17-15-26(16-18-27)23-9-4-3-5-10-23/h3-10,19-20,25H,11-18H2,1-2H3/t20-,24-. The van der Waals surface area contributed by atoms with Gasteiger partial charge in [0.1, 0.15) is 0 Å². The number of nitrogens with one attached hydrogen (secondary N) is 1. The first kappa shape index (κ1) is 21.2. The van der Waals surface area contributed by atoms with E-state index in [9.17, 15) is 8.42 Å². The Bertz CT molecular complexity index is 945. The van der Waals surface area contributed by atoms with E-state index in [1.54, 1.807) is 0 Å². The number of para-hydroxylation sites is 1. The van der Waals surface area contributed by atoms with Crippen LogP contribution in [0.5, 0.6) is 0 Å². The Morgan fingerprint density at radius 3 is 2.23 bits per heavy atom. The fourth-order valence-corrected chi connectivity index (χ4v) is 5.70. The zero-order chi connectivity index (χ0) is 21.2. The Balaban J connectivity index is 1.59. The lowest BCUT2D eigenvalue weighted by Gasteiger charge is -2.51.